The van der Waals surface area contributed by atoms with Gasteiger partial charge in [-0.3, -0.25) is 4.79 Å². The maximum atomic E-state index is 12.2. The zero-order valence-corrected chi connectivity index (χ0v) is 14.6. The van der Waals surface area contributed by atoms with Gasteiger partial charge in [0.15, 0.2) is 0 Å². The molecule has 0 aromatic heterocycles. The minimum atomic E-state index is -0.883. The number of unbranched alkanes of at least 4 members (excludes halogenated alkanes) is 3. The van der Waals surface area contributed by atoms with E-state index in [9.17, 15) is 9.59 Å². The van der Waals surface area contributed by atoms with Crippen LogP contribution in [0.4, 0.5) is 4.79 Å². The molecule has 0 saturated carbocycles. The number of carbonyl (C=O) groups is 2. The predicted octanol–water partition coefficient (Wildman–Crippen LogP) is 3.19. The van der Waals surface area contributed by atoms with Crippen molar-refractivity contribution >= 4 is 23.8 Å². The average molecular weight is 318 g/mol. The van der Waals surface area contributed by atoms with Crippen LogP contribution in [-0.4, -0.2) is 52.6 Å². The van der Waals surface area contributed by atoms with Gasteiger partial charge in [0, 0.05) is 18.6 Å². The predicted molar refractivity (Wildman–Crippen MR) is 89.0 cm³/mol. The fourth-order valence-electron chi connectivity index (χ4n) is 1.96. The Morgan fingerprint density at radius 3 is 2.29 bits per heavy atom. The van der Waals surface area contributed by atoms with Gasteiger partial charge in [0.05, 0.1) is 6.42 Å². The van der Waals surface area contributed by atoms with Crippen molar-refractivity contribution in [2.45, 2.75) is 58.4 Å². The van der Waals surface area contributed by atoms with E-state index in [-0.39, 0.29) is 24.5 Å². The molecule has 2 N–H and O–H groups in total. The third kappa shape index (κ3) is 10.5. The molecule has 0 fully saturated rings. The normalized spacial score (nSPS) is 11.2. The molecule has 0 aromatic rings. The summed E-state index contributed by atoms with van der Waals surface area (Å²) in [5.74, 6) is 0.310. The lowest BCUT2D eigenvalue weighted by Gasteiger charge is -2.35. The molecule has 0 unspecified atom stereocenters. The van der Waals surface area contributed by atoms with Gasteiger partial charge in [0.1, 0.15) is 0 Å². The third-order valence-electron chi connectivity index (χ3n) is 3.16. The van der Waals surface area contributed by atoms with E-state index in [1.807, 2.05) is 32.5 Å². The largest absolute Gasteiger partial charge is 0.481 e. The lowest BCUT2D eigenvalue weighted by Crippen LogP contribution is -2.51. The number of hydrogen-bond acceptors (Lipinski definition) is 3. The molecule has 0 radical (unpaired) electrons. The Hall–Kier alpha value is -0.910. The molecule has 0 atom stereocenters. The maximum Gasteiger partial charge on any atom is 0.317 e. The number of thioether (sulfide) groups is 1. The first-order chi connectivity index (χ1) is 9.79. The van der Waals surface area contributed by atoms with Gasteiger partial charge >= 0.3 is 12.0 Å². The summed E-state index contributed by atoms with van der Waals surface area (Å²) in [6, 6.07) is -0.173. The highest BCUT2D eigenvalue weighted by molar-refractivity contribution is 7.98. The van der Waals surface area contributed by atoms with Crippen LogP contribution < -0.4 is 5.32 Å². The molecule has 0 bridgehead atoms. The van der Waals surface area contributed by atoms with Crippen molar-refractivity contribution < 1.29 is 14.7 Å². The average Bonchev–Trinajstić information content (AvgIpc) is 2.35. The number of carboxylic acid groups (broad SMARTS) is 1. The quantitative estimate of drug-likeness (QED) is 0.607. The Bertz CT molecular complexity index is 317. The monoisotopic (exact) mass is 318 g/mol. The number of rotatable bonds is 10. The Labute approximate surface area is 132 Å². The van der Waals surface area contributed by atoms with Crippen molar-refractivity contribution in [3.8, 4) is 0 Å². The summed E-state index contributed by atoms with van der Waals surface area (Å²) >= 11 is 1.86. The molecule has 0 aliphatic carbocycles. The summed E-state index contributed by atoms with van der Waals surface area (Å²) in [6.45, 7) is 6.63. The number of hydrogen-bond donors (Lipinski definition) is 2. The highest BCUT2D eigenvalue weighted by Crippen LogP contribution is 2.14. The molecule has 0 rings (SSSR count). The van der Waals surface area contributed by atoms with Crippen molar-refractivity contribution in [1.82, 2.24) is 10.2 Å². The zero-order chi connectivity index (χ0) is 16.3. The summed E-state index contributed by atoms with van der Waals surface area (Å²) in [7, 11) is 0. The van der Waals surface area contributed by atoms with Crippen LogP contribution in [0.3, 0.4) is 0 Å². The molecule has 0 heterocycles. The van der Waals surface area contributed by atoms with E-state index >= 15 is 0 Å². The molecule has 0 saturated heterocycles. The van der Waals surface area contributed by atoms with Crippen LogP contribution in [0.25, 0.3) is 0 Å². The van der Waals surface area contributed by atoms with Gasteiger partial charge in [-0.15, -0.1) is 0 Å². The zero-order valence-electron chi connectivity index (χ0n) is 13.8. The summed E-state index contributed by atoms with van der Waals surface area (Å²) in [5.41, 5.74) is -0.377. The van der Waals surface area contributed by atoms with Crippen LogP contribution in [0.1, 0.15) is 52.9 Å². The van der Waals surface area contributed by atoms with Crippen molar-refractivity contribution in [2.24, 2.45) is 0 Å². The Kier molecular flexibility index (Phi) is 10.3. The molecule has 124 valence electrons. The molecule has 0 aliphatic rings. The van der Waals surface area contributed by atoms with Crippen molar-refractivity contribution in [2.75, 3.05) is 25.1 Å². The maximum absolute atomic E-state index is 12.2. The second kappa shape index (κ2) is 10.8. The standard InChI is InChI=1S/C15H30N2O3S/c1-15(2,3)17(11-9-13(18)19)14(20)16-10-7-5-6-8-12-21-4/h5-12H2,1-4H3,(H,16,20)(H,18,19). The number of carboxylic acids is 1. The first kappa shape index (κ1) is 20.1. The van der Waals surface area contributed by atoms with Crippen LogP contribution >= 0.6 is 11.8 Å². The lowest BCUT2D eigenvalue weighted by molar-refractivity contribution is -0.137. The fourth-order valence-corrected chi connectivity index (χ4v) is 2.46. The highest BCUT2D eigenvalue weighted by Gasteiger charge is 2.26. The van der Waals surface area contributed by atoms with Gasteiger partial charge in [0.25, 0.3) is 0 Å². The second-order valence-electron chi connectivity index (χ2n) is 6.11. The summed E-state index contributed by atoms with van der Waals surface area (Å²) in [5, 5.41) is 11.7. The molecule has 0 spiro atoms. The van der Waals surface area contributed by atoms with E-state index in [1.54, 1.807) is 4.90 Å². The number of carbonyl (C=O) groups excluding carboxylic acids is 1. The molecule has 0 aromatic carbocycles. The van der Waals surface area contributed by atoms with Crippen molar-refractivity contribution in [3.63, 3.8) is 0 Å². The van der Waals surface area contributed by atoms with Crippen molar-refractivity contribution in [3.05, 3.63) is 0 Å². The molecular formula is C15H30N2O3S. The van der Waals surface area contributed by atoms with E-state index in [0.29, 0.717) is 6.54 Å². The van der Waals surface area contributed by atoms with Crippen LogP contribution in [0.2, 0.25) is 0 Å². The molecule has 0 aliphatic heterocycles. The van der Waals surface area contributed by atoms with E-state index in [0.717, 1.165) is 12.8 Å². The van der Waals surface area contributed by atoms with Gasteiger partial charge in [0.2, 0.25) is 0 Å². The molecule has 2 amide bonds. The van der Waals surface area contributed by atoms with Gasteiger partial charge in [-0.2, -0.15) is 11.8 Å². The Morgan fingerprint density at radius 2 is 1.76 bits per heavy atom. The number of amides is 2. The topological polar surface area (TPSA) is 69.6 Å². The first-order valence-electron chi connectivity index (χ1n) is 7.55. The molecule has 6 heteroatoms. The van der Waals surface area contributed by atoms with E-state index in [4.69, 9.17) is 5.11 Å². The van der Waals surface area contributed by atoms with Crippen LogP contribution in [0.5, 0.6) is 0 Å². The number of urea groups is 1. The van der Waals surface area contributed by atoms with Gasteiger partial charge in [-0.25, -0.2) is 4.79 Å². The minimum Gasteiger partial charge on any atom is -0.481 e. The SMILES string of the molecule is CSCCCCCCNC(=O)N(CCC(=O)O)C(C)(C)C. The molecule has 5 nitrogen and oxygen atoms in total. The lowest BCUT2D eigenvalue weighted by atomic mass is 10.1. The highest BCUT2D eigenvalue weighted by atomic mass is 32.2. The summed E-state index contributed by atoms with van der Waals surface area (Å²) in [4.78, 5) is 24.4. The van der Waals surface area contributed by atoms with Crippen LogP contribution in [0.15, 0.2) is 0 Å². The molecular weight excluding hydrogens is 288 g/mol. The van der Waals surface area contributed by atoms with Crippen LogP contribution in [0, 0.1) is 0 Å². The smallest absolute Gasteiger partial charge is 0.317 e. The Morgan fingerprint density at radius 1 is 1.14 bits per heavy atom. The number of nitrogens with one attached hydrogen (secondary N) is 1. The van der Waals surface area contributed by atoms with Gasteiger partial charge < -0.3 is 15.3 Å². The Balaban J connectivity index is 4.03. The number of nitrogens with zero attached hydrogens (tertiary/aromatic N) is 1. The van der Waals surface area contributed by atoms with E-state index in [2.05, 4.69) is 11.6 Å². The summed E-state index contributed by atoms with van der Waals surface area (Å²) < 4.78 is 0. The van der Waals surface area contributed by atoms with Gasteiger partial charge in [-0.05, 0) is 45.6 Å². The first-order valence-corrected chi connectivity index (χ1v) is 8.94. The van der Waals surface area contributed by atoms with E-state index < -0.39 is 5.97 Å². The van der Waals surface area contributed by atoms with Gasteiger partial charge in [-0.1, -0.05) is 12.8 Å². The molecule has 21 heavy (non-hydrogen) atoms. The fraction of sp³-hybridized carbons (Fsp3) is 0.867. The second-order valence-corrected chi connectivity index (χ2v) is 7.09. The number of aliphatic carboxylic acids is 1. The minimum absolute atomic E-state index is 0.0284. The van der Waals surface area contributed by atoms with E-state index in [1.165, 1.54) is 18.6 Å². The summed E-state index contributed by atoms with van der Waals surface area (Å²) in [6.07, 6.45) is 6.58. The third-order valence-corrected chi connectivity index (χ3v) is 3.85. The van der Waals surface area contributed by atoms with Crippen LogP contribution in [-0.2, 0) is 4.79 Å². The van der Waals surface area contributed by atoms with Crippen molar-refractivity contribution in [1.29, 1.82) is 0 Å².